The van der Waals surface area contributed by atoms with Gasteiger partial charge in [0.25, 0.3) is 10.1 Å². The van der Waals surface area contributed by atoms with Gasteiger partial charge in [-0.1, -0.05) is 41.9 Å². The minimum Gasteiger partial charge on any atom is -0.397 e. The predicted molar refractivity (Wildman–Crippen MR) is 109 cm³/mol. The summed E-state index contributed by atoms with van der Waals surface area (Å²) in [5.41, 5.74) is 6.30. The Bertz CT molecular complexity index is 1320. The number of fused-ring (bicyclic) bond motifs is 2. The summed E-state index contributed by atoms with van der Waals surface area (Å²) in [6.45, 7) is 0. The van der Waals surface area contributed by atoms with Crippen molar-refractivity contribution in [3.63, 3.8) is 0 Å². The fourth-order valence-corrected chi connectivity index (χ4v) is 4.02. The third-order valence-electron chi connectivity index (χ3n) is 4.64. The molecule has 3 aromatic rings. The summed E-state index contributed by atoms with van der Waals surface area (Å²) in [4.78, 5) is 25.6. The summed E-state index contributed by atoms with van der Waals surface area (Å²) in [7, 11) is 1.01. The first kappa shape index (κ1) is 18.9. The molecule has 1 aliphatic carbocycles. The smallest absolute Gasteiger partial charge is 0.296 e. The Morgan fingerprint density at radius 2 is 1.52 bits per heavy atom. The largest absolute Gasteiger partial charge is 0.397 e. The van der Waals surface area contributed by atoms with E-state index in [-0.39, 0.29) is 27.9 Å². The van der Waals surface area contributed by atoms with Crippen LogP contribution in [0.5, 0.6) is 0 Å². The van der Waals surface area contributed by atoms with Crippen molar-refractivity contribution in [3.05, 3.63) is 76.9 Å². The Morgan fingerprint density at radius 1 is 0.897 bits per heavy atom. The monoisotopic (exact) mass is 404 g/mol. The summed E-state index contributed by atoms with van der Waals surface area (Å²) in [6, 6.07) is 13.7. The molecule has 4 rings (SSSR count). The van der Waals surface area contributed by atoms with Crippen LogP contribution in [-0.2, 0) is 10.1 Å². The van der Waals surface area contributed by atoms with Crippen molar-refractivity contribution in [2.24, 2.45) is 0 Å². The van der Waals surface area contributed by atoms with Crippen LogP contribution in [-0.4, -0.2) is 32.4 Å². The molecule has 0 bridgehead atoms. The molecular formula is C20H13BN2O5S. The molecule has 29 heavy (non-hydrogen) atoms. The maximum Gasteiger partial charge on any atom is 0.296 e. The average Bonchev–Trinajstić information content (AvgIpc) is 2.66. The van der Waals surface area contributed by atoms with Gasteiger partial charge in [-0.3, -0.25) is 14.1 Å². The van der Waals surface area contributed by atoms with Gasteiger partial charge in [-0.2, -0.15) is 8.42 Å². The van der Waals surface area contributed by atoms with Gasteiger partial charge in [0.15, 0.2) is 11.6 Å². The van der Waals surface area contributed by atoms with Crippen LogP contribution in [0, 0.1) is 0 Å². The van der Waals surface area contributed by atoms with Crippen molar-refractivity contribution in [1.82, 2.24) is 0 Å². The van der Waals surface area contributed by atoms with Crippen molar-refractivity contribution in [2.75, 3.05) is 11.1 Å². The number of carbonyl (C=O) groups excluding carboxylic acids is 2. The third-order valence-corrected chi connectivity index (χ3v) is 5.54. The van der Waals surface area contributed by atoms with Gasteiger partial charge in [-0.25, -0.2) is 0 Å². The summed E-state index contributed by atoms with van der Waals surface area (Å²) in [6.07, 6.45) is 0. The summed E-state index contributed by atoms with van der Waals surface area (Å²) >= 11 is 0. The van der Waals surface area contributed by atoms with E-state index in [0.29, 0.717) is 11.2 Å². The van der Waals surface area contributed by atoms with E-state index < -0.39 is 32.3 Å². The highest BCUT2D eigenvalue weighted by molar-refractivity contribution is 7.86. The van der Waals surface area contributed by atoms with Crippen LogP contribution in [0.25, 0.3) is 0 Å². The average molecular weight is 404 g/mol. The van der Waals surface area contributed by atoms with Crippen molar-refractivity contribution in [3.8, 4) is 0 Å². The second kappa shape index (κ2) is 6.58. The molecule has 0 unspecified atom stereocenters. The minimum absolute atomic E-state index is 0.0141. The first-order valence-electron chi connectivity index (χ1n) is 8.43. The second-order valence-electron chi connectivity index (χ2n) is 6.52. The summed E-state index contributed by atoms with van der Waals surface area (Å²) in [5, 5.41) is 2.91. The molecule has 0 heterocycles. The lowest BCUT2D eigenvalue weighted by Crippen LogP contribution is -2.25. The predicted octanol–water partition coefficient (Wildman–Crippen LogP) is 1.83. The Kier molecular flexibility index (Phi) is 4.29. The molecule has 2 radical (unpaired) electrons. The van der Waals surface area contributed by atoms with Crippen LogP contribution in [0.3, 0.4) is 0 Å². The van der Waals surface area contributed by atoms with Gasteiger partial charge in [0.1, 0.15) is 12.7 Å². The highest BCUT2D eigenvalue weighted by atomic mass is 32.2. The minimum atomic E-state index is -4.76. The van der Waals surface area contributed by atoms with Crippen molar-refractivity contribution in [2.45, 2.75) is 4.90 Å². The number of hydrogen-bond acceptors (Lipinski definition) is 6. The molecule has 0 amide bonds. The molecule has 0 aliphatic heterocycles. The fourth-order valence-electron chi connectivity index (χ4n) is 3.38. The number of carbonyl (C=O) groups is 2. The van der Waals surface area contributed by atoms with Gasteiger partial charge in [0.2, 0.25) is 0 Å². The van der Waals surface area contributed by atoms with Crippen LogP contribution in [0.2, 0.25) is 0 Å². The molecule has 0 fully saturated rings. The first-order chi connectivity index (χ1) is 13.7. The maximum atomic E-state index is 13.2. The number of nitrogen functional groups attached to an aromatic ring is 1. The van der Waals surface area contributed by atoms with Crippen LogP contribution >= 0.6 is 0 Å². The molecule has 0 aromatic heterocycles. The second-order valence-corrected chi connectivity index (χ2v) is 7.91. The van der Waals surface area contributed by atoms with Crippen LogP contribution in [0.15, 0.2) is 59.5 Å². The van der Waals surface area contributed by atoms with Crippen LogP contribution in [0.1, 0.15) is 31.8 Å². The van der Waals surface area contributed by atoms with Gasteiger partial charge >= 0.3 is 0 Å². The molecule has 0 spiro atoms. The van der Waals surface area contributed by atoms with E-state index in [1.807, 2.05) is 0 Å². The van der Waals surface area contributed by atoms with E-state index in [2.05, 4.69) is 5.32 Å². The molecule has 1 aliphatic rings. The first-order valence-corrected chi connectivity index (χ1v) is 9.87. The lowest BCUT2D eigenvalue weighted by Gasteiger charge is -2.23. The Hall–Kier alpha value is -3.43. The zero-order valence-electron chi connectivity index (χ0n) is 14.8. The molecule has 0 atom stereocenters. The number of rotatable bonds is 3. The topological polar surface area (TPSA) is 127 Å². The molecule has 3 aromatic carbocycles. The number of nitrogens with two attached hydrogens (primary N) is 1. The zero-order chi connectivity index (χ0) is 20.9. The highest BCUT2D eigenvalue weighted by Crippen LogP contribution is 2.39. The number of anilines is 3. The number of nitrogens with one attached hydrogen (secondary N) is 1. The molecule has 7 nitrogen and oxygen atoms in total. The zero-order valence-corrected chi connectivity index (χ0v) is 15.7. The van der Waals surface area contributed by atoms with Gasteiger partial charge in [0, 0.05) is 16.8 Å². The Morgan fingerprint density at radius 3 is 2.10 bits per heavy atom. The molecular weight excluding hydrogens is 391 g/mol. The van der Waals surface area contributed by atoms with Gasteiger partial charge < -0.3 is 11.1 Å². The van der Waals surface area contributed by atoms with Crippen molar-refractivity contribution < 1.29 is 22.6 Å². The molecule has 142 valence electrons. The number of benzene rings is 3. The standard InChI is InChI=1S/C20H13BN2O5S/c21-10-4-3-5-11(8-10)23-14-9-15(29(26,27)28)18(22)17-16(14)19(24)12-6-1-2-7-13(12)20(17)25/h1-9,23H,22H2,(H,26,27,28). The third kappa shape index (κ3) is 3.10. The van der Waals surface area contributed by atoms with E-state index in [0.717, 1.165) is 6.07 Å². The SMILES string of the molecule is [B]c1cccc(Nc2cc(S(=O)(=O)O)c(N)c3c2C(=O)c2ccccc2C3=O)c1. The lowest BCUT2D eigenvalue weighted by molar-refractivity contribution is 0.0980. The van der Waals surface area contributed by atoms with Crippen molar-refractivity contribution in [1.29, 1.82) is 0 Å². The number of ketones is 2. The van der Waals surface area contributed by atoms with E-state index in [1.165, 1.54) is 12.1 Å². The normalized spacial score (nSPS) is 13.0. The Labute approximate surface area is 167 Å². The molecule has 4 N–H and O–H groups in total. The number of hydrogen-bond donors (Lipinski definition) is 3. The van der Waals surface area contributed by atoms with E-state index in [4.69, 9.17) is 13.6 Å². The fraction of sp³-hybridized carbons (Fsp3) is 0. The highest BCUT2D eigenvalue weighted by Gasteiger charge is 2.36. The van der Waals surface area contributed by atoms with Crippen molar-refractivity contribution >= 4 is 52.1 Å². The van der Waals surface area contributed by atoms with E-state index >= 15 is 0 Å². The van der Waals surface area contributed by atoms with E-state index in [1.54, 1.807) is 36.4 Å². The van der Waals surface area contributed by atoms with Gasteiger partial charge in [0.05, 0.1) is 22.5 Å². The maximum absolute atomic E-state index is 13.2. The molecule has 9 heteroatoms. The summed E-state index contributed by atoms with van der Waals surface area (Å²) < 4.78 is 33.3. The van der Waals surface area contributed by atoms with E-state index in [9.17, 15) is 22.6 Å². The summed E-state index contributed by atoms with van der Waals surface area (Å²) in [5.74, 6) is -1.09. The molecule has 0 saturated heterocycles. The quantitative estimate of drug-likeness (QED) is 0.270. The van der Waals surface area contributed by atoms with Gasteiger partial charge in [-0.05, 0) is 18.2 Å². The Balaban J connectivity index is 2.03. The molecule has 0 saturated carbocycles. The lowest BCUT2D eigenvalue weighted by atomic mass is 9.82. The van der Waals surface area contributed by atoms with Crippen LogP contribution in [0.4, 0.5) is 17.1 Å². The van der Waals surface area contributed by atoms with Crippen LogP contribution < -0.4 is 16.5 Å². The van der Waals surface area contributed by atoms with Gasteiger partial charge in [-0.15, -0.1) is 0 Å².